The summed E-state index contributed by atoms with van der Waals surface area (Å²) in [6.07, 6.45) is 3.39. The standard InChI is InChI=1S/C16H22N4O3/c1-5-20-10-12(9-17-20)19-16(21)18-11(2)14-8-13(22-3)6-7-15(14)23-4/h6-11H,5H2,1-4H3,(H2,18,19,21)/t11-/m0/s1. The zero-order chi connectivity index (χ0) is 16.8. The lowest BCUT2D eigenvalue weighted by atomic mass is 10.1. The summed E-state index contributed by atoms with van der Waals surface area (Å²) in [5, 5.41) is 9.75. The quantitative estimate of drug-likeness (QED) is 0.858. The van der Waals surface area contributed by atoms with E-state index in [1.807, 2.05) is 32.0 Å². The molecule has 0 aliphatic heterocycles. The second kappa shape index (κ2) is 7.53. The Morgan fingerprint density at radius 1 is 1.35 bits per heavy atom. The van der Waals surface area contributed by atoms with Gasteiger partial charge in [-0.25, -0.2) is 4.79 Å². The van der Waals surface area contributed by atoms with Gasteiger partial charge >= 0.3 is 6.03 Å². The van der Waals surface area contributed by atoms with Gasteiger partial charge in [0, 0.05) is 18.3 Å². The summed E-state index contributed by atoms with van der Waals surface area (Å²) in [6, 6.07) is 4.92. The molecule has 1 aromatic heterocycles. The molecule has 23 heavy (non-hydrogen) atoms. The van der Waals surface area contributed by atoms with Crippen LogP contribution in [0.5, 0.6) is 11.5 Å². The third-order valence-corrected chi connectivity index (χ3v) is 3.47. The summed E-state index contributed by atoms with van der Waals surface area (Å²) in [4.78, 5) is 12.1. The molecular weight excluding hydrogens is 296 g/mol. The van der Waals surface area contributed by atoms with Crippen molar-refractivity contribution in [2.75, 3.05) is 19.5 Å². The first-order valence-electron chi connectivity index (χ1n) is 7.39. The van der Waals surface area contributed by atoms with Crippen LogP contribution in [0.15, 0.2) is 30.6 Å². The van der Waals surface area contributed by atoms with E-state index in [1.165, 1.54) is 0 Å². The fourth-order valence-corrected chi connectivity index (χ4v) is 2.22. The highest BCUT2D eigenvalue weighted by Crippen LogP contribution is 2.29. The molecule has 0 fully saturated rings. The topological polar surface area (TPSA) is 77.4 Å². The first-order valence-corrected chi connectivity index (χ1v) is 7.39. The Morgan fingerprint density at radius 2 is 2.13 bits per heavy atom. The van der Waals surface area contributed by atoms with Crippen LogP contribution in [0, 0.1) is 0 Å². The van der Waals surface area contributed by atoms with Gasteiger partial charge in [-0.1, -0.05) is 0 Å². The van der Waals surface area contributed by atoms with Crippen LogP contribution in [0.1, 0.15) is 25.5 Å². The Kier molecular flexibility index (Phi) is 5.46. The number of urea groups is 1. The Bertz CT molecular complexity index is 669. The van der Waals surface area contributed by atoms with Crippen LogP contribution in [0.4, 0.5) is 10.5 Å². The van der Waals surface area contributed by atoms with Gasteiger partial charge in [-0.15, -0.1) is 0 Å². The number of benzene rings is 1. The van der Waals surface area contributed by atoms with E-state index < -0.39 is 0 Å². The number of methoxy groups -OCH3 is 2. The van der Waals surface area contributed by atoms with Crippen LogP contribution in [-0.4, -0.2) is 30.0 Å². The molecule has 1 heterocycles. The summed E-state index contributed by atoms with van der Waals surface area (Å²) in [5.41, 5.74) is 1.49. The number of ether oxygens (including phenoxy) is 2. The maximum Gasteiger partial charge on any atom is 0.319 e. The molecule has 0 saturated heterocycles. The molecule has 0 bridgehead atoms. The Labute approximate surface area is 135 Å². The molecule has 0 aliphatic rings. The van der Waals surface area contributed by atoms with E-state index in [-0.39, 0.29) is 12.1 Å². The van der Waals surface area contributed by atoms with E-state index in [4.69, 9.17) is 9.47 Å². The van der Waals surface area contributed by atoms with Crippen LogP contribution in [0.2, 0.25) is 0 Å². The molecule has 2 aromatic rings. The maximum absolute atomic E-state index is 12.1. The second-order valence-electron chi connectivity index (χ2n) is 5.01. The van der Waals surface area contributed by atoms with E-state index in [1.54, 1.807) is 31.3 Å². The lowest BCUT2D eigenvalue weighted by Crippen LogP contribution is -2.31. The van der Waals surface area contributed by atoms with Gasteiger partial charge in [0.25, 0.3) is 0 Å². The van der Waals surface area contributed by atoms with Crippen LogP contribution >= 0.6 is 0 Å². The van der Waals surface area contributed by atoms with E-state index in [0.717, 1.165) is 12.1 Å². The molecule has 124 valence electrons. The molecule has 0 unspecified atom stereocenters. The van der Waals surface area contributed by atoms with Crippen molar-refractivity contribution in [1.29, 1.82) is 0 Å². The molecule has 0 spiro atoms. The van der Waals surface area contributed by atoms with Crippen LogP contribution < -0.4 is 20.1 Å². The third kappa shape index (κ3) is 4.15. The molecule has 1 atom stereocenters. The van der Waals surface area contributed by atoms with Gasteiger partial charge in [0.15, 0.2) is 0 Å². The number of aryl methyl sites for hydroxylation is 1. The molecule has 7 heteroatoms. The first-order chi connectivity index (χ1) is 11.1. The lowest BCUT2D eigenvalue weighted by molar-refractivity contribution is 0.249. The monoisotopic (exact) mass is 318 g/mol. The minimum Gasteiger partial charge on any atom is -0.497 e. The van der Waals surface area contributed by atoms with E-state index in [0.29, 0.717) is 17.2 Å². The maximum atomic E-state index is 12.1. The Balaban J connectivity index is 2.05. The number of hydrogen-bond acceptors (Lipinski definition) is 4. The number of aromatic nitrogens is 2. The molecule has 2 N–H and O–H groups in total. The van der Waals surface area contributed by atoms with Gasteiger partial charge in [-0.3, -0.25) is 4.68 Å². The van der Waals surface area contributed by atoms with Crippen molar-refractivity contribution >= 4 is 11.7 Å². The second-order valence-corrected chi connectivity index (χ2v) is 5.01. The predicted molar refractivity (Wildman–Crippen MR) is 88.0 cm³/mol. The number of nitrogens with one attached hydrogen (secondary N) is 2. The van der Waals surface area contributed by atoms with Gasteiger partial charge in [0.1, 0.15) is 11.5 Å². The molecule has 2 rings (SSSR count). The summed E-state index contributed by atoms with van der Waals surface area (Å²) in [5.74, 6) is 1.40. The normalized spacial score (nSPS) is 11.7. The van der Waals surface area contributed by atoms with Crippen molar-refractivity contribution in [3.05, 3.63) is 36.2 Å². The Morgan fingerprint density at radius 3 is 2.74 bits per heavy atom. The predicted octanol–water partition coefficient (Wildman–Crippen LogP) is 2.80. The third-order valence-electron chi connectivity index (χ3n) is 3.47. The minimum absolute atomic E-state index is 0.249. The summed E-state index contributed by atoms with van der Waals surface area (Å²) in [6.45, 7) is 4.61. The zero-order valence-electron chi connectivity index (χ0n) is 13.8. The van der Waals surface area contributed by atoms with Gasteiger partial charge in [-0.05, 0) is 32.0 Å². The number of anilines is 1. The summed E-state index contributed by atoms with van der Waals surface area (Å²) < 4.78 is 12.3. The highest BCUT2D eigenvalue weighted by molar-refractivity contribution is 5.89. The largest absolute Gasteiger partial charge is 0.497 e. The van der Waals surface area contributed by atoms with Crippen LogP contribution in [-0.2, 0) is 6.54 Å². The minimum atomic E-state index is -0.307. The summed E-state index contributed by atoms with van der Waals surface area (Å²) in [7, 11) is 3.19. The summed E-state index contributed by atoms with van der Waals surface area (Å²) >= 11 is 0. The smallest absolute Gasteiger partial charge is 0.319 e. The van der Waals surface area contributed by atoms with Crippen LogP contribution in [0.25, 0.3) is 0 Å². The fraction of sp³-hybridized carbons (Fsp3) is 0.375. The Hall–Kier alpha value is -2.70. The molecule has 0 radical (unpaired) electrons. The van der Waals surface area contributed by atoms with E-state index in [9.17, 15) is 4.79 Å². The highest BCUT2D eigenvalue weighted by atomic mass is 16.5. The number of nitrogens with zero attached hydrogens (tertiary/aromatic N) is 2. The molecule has 0 saturated carbocycles. The van der Waals surface area contributed by atoms with Crippen molar-refractivity contribution in [2.24, 2.45) is 0 Å². The van der Waals surface area contributed by atoms with Crippen LogP contribution in [0.3, 0.4) is 0 Å². The fourth-order valence-electron chi connectivity index (χ4n) is 2.22. The SMILES string of the molecule is CCn1cc(NC(=O)N[C@@H](C)c2cc(OC)ccc2OC)cn1. The van der Waals surface area contributed by atoms with Gasteiger partial charge < -0.3 is 20.1 Å². The number of amides is 2. The molecule has 1 aromatic carbocycles. The van der Waals surface area contributed by atoms with E-state index in [2.05, 4.69) is 15.7 Å². The van der Waals surface area contributed by atoms with Crippen molar-refractivity contribution in [3.8, 4) is 11.5 Å². The van der Waals surface area contributed by atoms with Gasteiger partial charge in [0.05, 0.1) is 32.1 Å². The lowest BCUT2D eigenvalue weighted by Gasteiger charge is -2.18. The molecular formula is C16H22N4O3. The van der Waals surface area contributed by atoms with Crippen molar-refractivity contribution < 1.29 is 14.3 Å². The highest BCUT2D eigenvalue weighted by Gasteiger charge is 2.15. The molecule has 7 nitrogen and oxygen atoms in total. The number of carbonyl (C=O) groups is 1. The number of rotatable bonds is 6. The number of hydrogen-bond donors (Lipinski definition) is 2. The number of carbonyl (C=O) groups excluding carboxylic acids is 1. The molecule has 2 amide bonds. The van der Waals surface area contributed by atoms with E-state index >= 15 is 0 Å². The molecule has 0 aliphatic carbocycles. The van der Waals surface area contributed by atoms with Crippen molar-refractivity contribution in [1.82, 2.24) is 15.1 Å². The van der Waals surface area contributed by atoms with Gasteiger partial charge in [-0.2, -0.15) is 5.10 Å². The van der Waals surface area contributed by atoms with Gasteiger partial charge in [0.2, 0.25) is 0 Å². The average molecular weight is 318 g/mol. The first kappa shape index (κ1) is 16.7. The zero-order valence-corrected chi connectivity index (χ0v) is 13.8. The van der Waals surface area contributed by atoms with Crippen molar-refractivity contribution in [3.63, 3.8) is 0 Å². The average Bonchev–Trinajstić information content (AvgIpc) is 3.01. The van der Waals surface area contributed by atoms with Crippen molar-refractivity contribution in [2.45, 2.75) is 26.4 Å².